The molecule has 0 unspecified atom stereocenters. The summed E-state index contributed by atoms with van der Waals surface area (Å²) in [6.07, 6.45) is 2.80. The molecule has 0 bridgehead atoms. The lowest BCUT2D eigenvalue weighted by Crippen LogP contribution is -2.41. The van der Waals surface area contributed by atoms with Crippen LogP contribution in [0.3, 0.4) is 0 Å². The van der Waals surface area contributed by atoms with Crippen molar-refractivity contribution in [2.75, 3.05) is 38.2 Å². The van der Waals surface area contributed by atoms with E-state index in [-0.39, 0.29) is 23.6 Å². The maximum atomic E-state index is 13.4. The summed E-state index contributed by atoms with van der Waals surface area (Å²) in [6, 6.07) is 12.3. The van der Waals surface area contributed by atoms with Gasteiger partial charge in [0.1, 0.15) is 13.2 Å². The monoisotopic (exact) mass is 477 g/mol. The number of carbonyl (C=O) groups is 2. The Morgan fingerprint density at radius 1 is 1.03 bits per heavy atom. The van der Waals surface area contributed by atoms with Gasteiger partial charge in [0.05, 0.1) is 12.2 Å². The van der Waals surface area contributed by atoms with E-state index in [1.165, 1.54) is 0 Å². The van der Waals surface area contributed by atoms with Gasteiger partial charge in [-0.2, -0.15) is 0 Å². The van der Waals surface area contributed by atoms with Gasteiger partial charge in [0.15, 0.2) is 11.5 Å². The molecular formula is C26H27N3O6. The fourth-order valence-corrected chi connectivity index (χ4v) is 4.67. The van der Waals surface area contributed by atoms with Crippen molar-refractivity contribution in [2.24, 2.45) is 0 Å². The average molecular weight is 478 g/mol. The van der Waals surface area contributed by atoms with E-state index in [0.717, 1.165) is 0 Å². The largest absolute Gasteiger partial charge is 0.486 e. The summed E-state index contributed by atoms with van der Waals surface area (Å²) in [7, 11) is 0. The molecule has 3 heterocycles. The van der Waals surface area contributed by atoms with Gasteiger partial charge in [0.2, 0.25) is 0 Å². The Kier molecular flexibility index (Phi) is 6.31. The van der Waals surface area contributed by atoms with Crippen LogP contribution < -0.4 is 20.3 Å². The highest BCUT2D eigenvalue weighted by Crippen LogP contribution is 2.34. The fourth-order valence-electron chi connectivity index (χ4n) is 4.67. The first-order chi connectivity index (χ1) is 17.1. The van der Waals surface area contributed by atoms with Crippen molar-refractivity contribution in [3.63, 3.8) is 0 Å². The van der Waals surface area contributed by atoms with Gasteiger partial charge in [-0.05, 0) is 50.1 Å². The molecular weight excluding hydrogens is 450 g/mol. The van der Waals surface area contributed by atoms with E-state index < -0.39 is 0 Å². The van der Waals surface area contributed by atoms with Crippen molar-refractivity contribution in [2.45, 2.75) is 25.8 Å². The summed E-state index contributed by atoms with van der Waals surface area (Å²) in [5.74, 6) is 0.627. The number of ether oxygens (including phenoxy) is 3. The second kappa shape index (κ2) is 9.69. The lowest BCUT2D eigenvalue weighted by molar-refractivity contribution is 0.0923. The zero-order valence-corrected chi connectivity index (χ0v) is 19.5. The van der Waals surface area contributed by atoms with Crippen LogP contribution in [0.4, 0.5) is 10.5 Å². The quantitative estimate of drug-likeness (QED) is 0.613. The van der Waals surface area contributed by atoms with E-state index in [9.17, 15) is 14.4 Å². The number of benzene rings is 2. The van der Waals surface area contributed by atoms with E-state index in [1.807, 2.05) is 6.07 Å². The molecule has 2 amide bonds. The Labute approximate surface area is 202 Å². The zero-order valence-electron chi connectivity index (χ0n) is 19.5. The number of nitrogens with one attached hydrogen (secondary N) is 1. The minimum atomic E-state index is -0.338. The fraction of sp³-hybridized carbons (Fsp3) is 0.346. The number of fused-ring (bicyclic) bond motifs is 2. The third-order valence-corrected chi connectivity index (χ3v) is 6.42. The van der Waals surface area contributed by atoms with Crippen molar-refractivity contribution >= 4 is 28.5 Å². The predicted molar refractivity (Wildman–Crippen MR) is 130 cm³/mol. The first-order valence-corrected chi connectivity index (χ1v) is 11.8. The summed E-state index contributed by atoms with van der Waals surface area (Å²) in [6.45, 7) is 4.02. The number of anilines is 1. The van der Waals surface area contributed by atoms with Crippen LogP contribution in [-0.4, -0.2) is 54.4 Å². The third kappa shape index (κ3) is 4.41. The normalized spacial score (nSPS) is 15.6. The van der Waals surface area contributed by atoms with Crippen LogP contribution >= 0.6 is 0 Å². The molecule has 0 radical (unpaired) electrons. The summed E-state index contributed by atoms with van der Waals surface area (Å²) in [4.78, 5) is 40.1. The standard InChI is InChI=1S/C26H27N3O6/c1-2-33-26(32)28-12-9-17(10-13-28)29-14-11-18-19(25(29)31)5-3-7-21(18)27-24(30)20-6-4-8-22-23(20)35-16-15-34-22/h3-8,11,14,17H,2,9-10,12-13,15-16H2,1H3,(H,27,30). The number of para-hydroxylation sites is 1. The van der Waals surface area contributed by atoms with Gasteiger partial charge in [-0.15, -0.1) is 0 Å². The number of carbonyl (C=O) groups excluding carboxylic acids is 2. The molecule has 0 saturated carbocycles. The number of hydrogen-bond acceptors (Lipinski definition) is 6. The Hall–Kier alpha value is -4.01. The van der Waals surface area contributed by atoms with E-state index >= 15 is 0 Å². The number of rotatable bonds is 4. The molecule has 0 atom stereocenters. The molecule has 1 aromatic heterocycles. The summed E-state index contributed by atoms with van der Waals surface area (Å²) >= 11 is 0. The first-order valence-electron chi connectivity index (χ1n) is 11.8. The van der Waals surface area contributed by atoms with Gasteiger partial charge in [-0.3, -0.25) is 9.59 Å². The number of aromatic nitrogens is 1. The number of piperidine rings is 1. The molecule has 0 spiro atoms. The minimum absolute atomic E-state index is 0.0104. The van der Waals surface area contributed by atoms with Crippen LogP contribution in [0.2, 0.25) is 0 Å². The minimum Gasteiger partial charge on any atom is -0.486 e. The van der Waals surface area contributed by atoms with Gasteiger partial charge >= 0.3 is 6.09 Å². The molecule has 9 nitrogen and oxygen atoms in total. The molecule has 1 N–H and O–H groups in total. The third-order valence-electron chi connectivity index (χ3n) is 6.42. The second-order valence-electron chi connectivity index (χ2n) is 8.50. The van der Waals surface area contributed by atoms with Gasteiger partial charge in [-0.1, -0.05) is 12.1 Å². The maximum absolute atomic E-state index is 13.4. The van der Waals surface area contributed by atoms with Crippen LogP contribution in [0.5, 0.6) is 11.5 Å². The van der Waals surface area contributed by atoms with Gasteiger partial charge in [0, 0.05) is 41.8 Å². The number of amides is 2. The van der Waals surface area contributed by atoms with Crippen molar-refractivity contribution in [1.82, 2.24) is 9.47 Å². The SMILES string of the molecule is CCOC(=O)N1CCC(n2ccc3c(NC(=O)c4cccc5c4OCCO5)cccc3c2=O)CC1. The molecule has 2 aliphatic rings. The molecule has 1 fully saturated rings. The highest BCUT2D eigenvalue weighted by molar-refractivity contribution is 6.10. The number of pyridine rings is 1. The Morgan fingerprint density at radius 2 is 1.80 bits per heavy atom. The van der Waals surface area contributed by atoms with Crippen LogP contribution in [0.1, 0.15) is 36.2 Å². The van der Waals surface area contributed by atoms with Crippen LogP contribution in [0.15, 0.2) is 53.5 Å². The van der Waals surface area contributed by atoms with Gasteiger partial charge < -0.3 is 29.0 Å². The smallest absolute Gasteiger partial charge is 0.409 e. The molecule has 2 aromatic carbocycles. The van der Waals surface area contributed by atoms with E-state index in [0.29, 0.717) is 79.3 Å². The lowest BCUT2D eigenvalue weighted by Gasteiger charge is -2.32. The van der Waals surface area contributed by atoms with Crippen molar-refractivity contribution in [1.29, 1.82) is 0 Å². The van der Waals surface area contributed by atoms with Crippen molar-refractivity contribution in [3.8, 4) is 11.5 Å². The lowest BCUT2D eigenvalue weighted by atomic mass is 10.0. The Bertz CT molecular complexity index is 1330. The molecule has 182 valence electrons. The zero-order chi connectivity index (χ0) is 24.4. The van der Waals surface area contributed by atoms with E-state index in [4.69, 9.17) is 14.2 Å². The van der Waals surface area contributed by atoms with E-state index in [1.54, 1.807) is 59.0 Å². The average Bonchev–Trinajstić information content (AvgIpc) is 2.89. The molecule has 1 saturated heterocycles. The first kappa shape index (κ1) is 22.8. The molecule has 9 heteroatoms. The van der Waals surface area contributed by atoms with E-state index in [2.05, 4.69) is 5.32 Å². The van der Waals surface area contributed by atoms with Crippen LogP contribution in [0.25, 0.3) is 10.8 Å². The number of likely N-dealkylation sites (tertiary alicyclic amines) is 1. The molecule has 2 aliphatic heterocycles. The highest BCUT2D eigenvalue weighted by atomic mass is 16.6. The summed E-state index contributed by atoms with van der Waals surface area (Å²) < 4.78 is 18.1. The number of hydrogen-bond donors (Lipinski definition) is 1. The van der Waals surface area contributed by atoms with Gasteiger partial charge in [0.25, 0.3) is 11.5 Å². The predicted octanol–water partition coefficient (Wildman–Crippen LogP) is 3.82. The highest BCUT2D eigenvalue weighted by Gasteiger charge is 2.26. The second-order valence-corrected chi connectivity index (χ2v) is 8.50. The molecule has 3 aromatic rings. The molecule has 0 aliphatic carbocycles. The maximum Gasteiger partial charge on any atom is 0.409 e. The Morgan fingerprint density at radius 3 is 2.60 bits per heavy atom. The topological polar surface area (TPSA) is 99.1 Å². The van der Waals surface area contributed by atoms with Crippen molar-refractivity contribution in [3.05, 3.63) is 64.6 Å². The van der Waals surface area contributed by atoms with Crippen LogP contribution in [0, 0.1) is 0 Å². The van der Waals surface area contributed by atoms with Gasteiger partial charge in [-0.25, -0.2) is 4.79 Å². The Balaban J connectivity index is 1.38. The molecule has 35 heavy (non-hydrogen) atoms. The van der Waals surface area contributed by atoms with Crippen molar-refractivity contribution < 1.29 is 23.8 Å². The summed E-state index contributed by atoms with van der Waals surface area (Å²) in [5, 5.41) is 4.11. The summed E-state index contributed by atoms with van der Waals surface area (Å²) in [5.41, 5.74) is 0.797. The molecule has 5 rings (SSSR count). The van der Waals surface area contributed by atoms with Crippen LogP contribution in [-0.2, 0) is 4.74 Å². The number of nitrogens with zero attached hydrogens (tertiary/aromatic N) is 2.